The van der Waals surface area contributed by atoms with Crippen LogP contribution in [0.1, 0.15) is 24.3 Å². The van der Waals surface area contributed by atoms with Crippen LogP contribution in [0.15, 0.2) is 52.9 Å². The lowest BCUT2D eigenvalue weighted by Crippen LogP contribution is -2.17. The smallest absolute Gasteiger partial charge is 0.176 e. The second kappa shape index (κ2) is 6.12. The fourth-order valence-electron chi connectivity index (χ4n) is 2.47. The second-order valence-electron chi connectivity index (χ2n) is 5.30. The Labute approximate surface area is 129 Å². The van der Waals surface area contributed by atoms with E-state index in [0.29, 0.717) is 6.54 Å². The second-order valence-corrected chi connectivity index (χ2v) is 5.30. The summed E-state index contributed by atoms with van der Waals surface area (Å²) in [6, 6.07) is 15.2. The fraction of sp³-hybridized carbons (Fsp3) is 0.222. The molecule has 4 heteroatoms. The molecule has 1 aromatic heterocycles. The molecular weight excluding hydrogens is 278 g/mol. The van der Waals surface area contributed by atoms with Gasteiger partial charge in [0.15, 0.2) is 11.3 Å². The molecule has 2 aromatic carbocycles. The number of hydrogen-bond donors (Lipinski definition) is 2. The van der Waals surface area contributed by atoms with Crippen LogP contribution in [0.25, 0.3) is 11.0 Å². The highest BCUT2D eigenvalue weighted by atomic mass is 16.5. The van der Waals surface area contributed by atoms with E-state index < -0.39 is 0 Å². The molecule has 0 saturated carbocycles. The van der Waals surface area contributed by atoms with Gasteiger partial charge in [0, 0.05) is 11.9 Å². The predicted molar refractivity (Wildman–Crippen MR) is 86.1 cm³/mol. The van der Waals surface area contributed by atoms with Crippen LogP contribution in [-0.2, 0) is 6.54 Å². The van der Waals surface area contributed by atoms with Gasteiger partial charge in [-0.1, -0.05) is 24.3 Å². The van der Waals surface area contributed by atoms with Crippen molar-refractivity contribution in [2.75, 3.05) is 7.11 Å². The number of aromatic hydroxyl groups is 1. The van der Waals surface area contributed by atoms with Crippen LogP contribution in [0.3, 0.4) is 0 Å². The Hall–Kier alpha value is -2.46. The topological polar surface area (TPSA) is 54.6 Å². The predicted octanol–water partition coefficient (Wildman–Crippen LogP) is 4.00. The normalized spacial score (nSPS) is 12.5. The number of methoxy groups -OCH3 is 1. The first kappa shape index (κ1) is 14.5. The summed E-state index contributed by atoms with van der Waals surface area (Å²) in [4.78, 5) is 0. The third kappa shape index (κ3) is 2.92. The van der Waals surface area contributed by atoms with Gasteiger partial charge in [0.2, 0.25) is 0 Å². The average Bonchev–Trinajstić information content (AvgIpc) is 2.96. The molecule has 4 nitrogen and oxygen atoms in total. The Morgan fingerprint density at radius 3 is 2.77 bits per heavy atom. The van der Waals surface area contributed by atoms with Crippen LogP contribution in [0.4, 0.5) is 0 Å². The van der Waals surface area contributed by atoms with Crippen molar-refractivity contribution in [3.8, 4) is 11.5 Å². The number of rotatable bonds is 5. The average molecular weight is 297 g/mol. The molecule has 0 aliphatic rings. The lowest BCUT2D eigenvalue weighted by molar-refractivity contribution is 0.399. The maximum absolute atomic E-state index is 9.49. The molecule has 0 aliphatic carbocycles. The van der Waals surface area contributed by atoms with Crippen molar-refractivity contribution in [3.05, 3.63) is 59.9 Å². The quantitative estimate of drug-likeness (QED) is 0.747. The highest BCUT2D eigenvalue weighted by Crippen LogP contribution is 2.30. The van der Waals surface area contributed by atoms with Crippen molar-refractivity contribution in [1.82, 2.24) is 5.32 Å². The van der Waals surface area contributed by atoms with E-state index in [2.05, 4.69) is 5.32 Å². The highest BCUT2D eigenvalue weighted by molar-refractivity contribution is 5.83. The molecule has 2 N–H and O–H groups in total. The SMILES string of the molecule is COc1cccc2cc(C(C)NCc3cccc(O)c3)oc12. The number of phenolic OH excluding ortho intramolecular Hbond substituents is 1. The van der Waals surface area contributed by atoms with E-state index >= 15 is 0 Å². The molecule has 1 heterocycles. The molecule has 0 radical (unpaired) electrons. The van der Waals surface area contributed by atoms with E-state index in [0.717, 1.165) is 28.0 Å². The summed E-state index contributed by atoms with van der Waals surface area (Å²) in [6.45, 7) is 2.71. The number of furan rings is 1. The Balaban J connectivity index is 1.76. The number of nitrogens with one attached hydrogen (secondary N) is 1. The summed E-state index contributed by atoms with van der Waals surface area (Å²) in [5.41, 5.74) is 1.80. The molecule has 0 fully saturated rings. The number of ether oxygens (including phenoxy) is 1. The molecule has 0 amide bonds. The molecule has 0 aliphatic heterocycles. The molecule has 22 heavy (non-hydrogen) atoms. The zero-order valence-corrected chi connectivity index (χ0v) is 12.7. The molecule has 0 bridgehead atoms. The first-order valence-corrected chi connectivity index (χ1v) is 7.25. The van der Waals surface area contributed by atoms with Crippen LogP contribution in [0, 0.1) is 0 Å². The van der Waals surface area contributed by atoms with Gasteiger partial charge in [0.05, 0.1) is 13.2 Å². The number of hydrogen-bond acceptors (Lipinski definition) is 4. The minimum Gasteiger partial charge on any atom is -0.508 e. The zero-order chi connectivity index (χ0) is 15.5. The third-order valence-electron chi connectivity index (χ3n) is 3.70. The zero-order valence-electron chi connectivity index (χ0n) is 12.7. The standard InChI is InChI=1S/C18H19NO3/c1-12(19-11-13-5-3-7-15(20)9-13)17-10-14-6-4-8-16(21-2)18(14)22-17/h3-10,12,19-20H,11H2,1-2H3. The van der Waals surface area contributed by atoms with E-state index in [-0.39, 0.29) is 11.8 Å². The molecule has 0 saturated heterocycles. The van der Waals surface area contributed by atoms with Crippen molar-refractivity contribution in [2.24, 2.45) is 0 Å². The van der Waals surface area contributed by atoms with Crippen LogP contribution in [-0.4, -0.2) is 12.2 Å². The van der Waals surface area contributed by atoms with E-state index in [4.69, 9.17) is 9.15 Å². The lowest BCUT2D eigenvalue weighted by atomic mass is 10.2. The largest absolute Gasteiger partial charge is 0.508 e. The maximum Gasteiger partial charge on any atom is 0.176 e. The van der Waals surface area contributed by atoms with Crippen LogP contribution in [0.5, 0.6) is 11.5 Å². The van der Waals surface area contributed by atoms with Crippen molar-refractivity contribution in [3.63, 3.8) is 0 Å². The van der Waals surface area contributed by atoms with Gasteiger partial charge in [-0.2, -0.15) is 0 Å². The Kier molecular flexibility index (Phi) is 4.02. The summed E-state index contributed by atoms with van der Waals surface area (Å²) < 4.78 is 11.2. The lowest BCUT2D eigenvalue weighted by Gasteiger charge is -2.11. The third-order valence-corrected chi connectivity index (χ3v) is 3.70. The van der Waals surface area contributed by atoms with Crippen LogP contribution in [0.2, 0.25) is 0 Å². The van der Waals surface area contributed by atoms with E-state index in [1.807, 2.05) is 43.3 Å². The summed E-state index contributed by atoms with van der Waals surface area (Å²) >= 11 is 0. The van der Waals surface area contributed by atoms with Crippen molar-refractivity contribution in [2.45, 2.75) is 19.5 Å². The Morgan fingerprint density at radius 2 is 2.00 bits per heavy atom. The molecule has 1 unspecified atom stereocenters. The molecule has 3 rings (SSSR count). The van der Waals surface area contributed by atoms with Crippen molar-refractivity contribution >= 4 is 11.0 Å². The monoisotopic (exact) mass is 297 g/mol. The Bertz CT molecular complexity index is 779. The van der Waals surface area contributed by atoms with Crippen molar-refractivity contribution < 1.29 is 14.3 Å². The number of benzene rings is 2. The van der Waals surface area contributed by atoms with E-state index in [1.165, 1.54) is 0 Å². The molecule has 3 aromatic rings. The summed E-state index contributed by atoms with van der Waals surface area (Å²) in [6.07, 6.45) is 0. The van der Waals surface area contributed by atoms with Gasteiger partial charge in [-0.25, -0.2) is 0 Å². The number of fused-ring (bicyclic) bond motifs is 1. The van der Waals surface area contributed by atoms with Crippen LogP contribution < -0.4 is 10.1 Å². The van der Waals surface area contributed by atoms with E-state index in [1.54, 1.807) is 19.2 Å². The van der Waals surface area contributed by atoms with Crippen LogP contribution >= 0.6 is 0 Å². The number of para-hydroxylation sites is 1. The van der Waals surface area contributed by atoms with Gasteiger partial charge in [-0.3, -0.25) is 0 Å². The van der Waals surface area contributed by atoms with Gasteiger partial charge >= 0.3 is 0 Å². The minimum absolute atomic E-state index is 0.0551. The number of phenols is 1. The summed E-state index contributed by atoms with van der Waals surface area (Å²) in [5.74, 6) is 1.88. The van der Waals surface area contributed by atoms with Gasteiger partial charge < -0.3 is 19.6 Å². The molecule has 1 atom stereocenters. The molecule has 114 valence electrons. The summed E-state index contributed by atoms with van der Waals surface area (Å²) in [7, 11) is 1.64. The molecular formula is C18H19NO3. The van der Waals surface area contributed by atoms with Crippen molar-refractivity contribution in [1.29, 1.82) is 0 Å². The highest BCUT2D eigenvalue weighted by Gasteiger charge is 2.13. The summed E-state index contributed by atoms with van der Waals surface area (Å²) in [5, 5.41) is 13.9. The maximum atomic E-state index is 9.49. The van der Waals surface area contributed by atoms with Gasteiger partial charge in [0.1, 0.15) is 11.5 Å². The molecule has 0 spiro atoms. The van der Waals surface area contributed by atoms with Gasteiger partial charge in [-0.05, 0) is 36.8 Å². The van der Waals surface area contributed by atoms with E-state index in [9.17, 15) is 5.11 Å². The first-order valence-electron chi connectivity index (χ1n) is 7.25. The fourth-order valence-corrected chi connectivity index (χ4v) is 2.47. The first-order chi connectivity index (χ1) is 10.7. The van der Waals surface area contributed by atoms with Gasteiger partial charge in [0.25, 0.3) is 0 Å². The van der Waals surface area contributed by atoms with Gasteiger partial charge in [-0.15, -0.1) is 0 Å². The Morgan fingerprint density at radius 1 is 1.18 bits per heavy atom. The minimum atomic E-state index is 0.0551.